The van der Waals surface area contributed by atoms with E-state index in [-0.39, 0.29) is 0 Å². The first-order valence-corrected chi connectivity index (χ1v) is 2.74. The van der Waals surface area contributed by atoms with E-state index in [1.807, 2.05) is 0 Å². The summed E-state index contributed by atoms with van der Waals surface area (Å²) in [5.41, 5.74) is 1.46. The van der Waals surface area contributed by atoms with Crippen LogP contribution in [0.2, 0.25) is 0 Å². The highest BCUT2D eigenvalue weighted by atomic mass is 19.4. The molecule has 3 nitrogen and oxygen atoms in total. The molecule has 66 valence electrons. The predicted octanol–water partition coefficient (Wildman–Crippen LogP) is 0.175. The molecular weight excluding hydrogens is 163 g/mol. The number of nitrogens with two attached hydrogens (primary N) is 1. The summed E-state index contributed by atoms with van der Waals surface area (Å²) in [6.45, 7) is 0.498. The third kappa shape index (κ3) is 2.75. The molecular formula is C5H8F3NO2. The molecule has 0 bridgehead atoms. The molecule has 0 fully saturated rings. The Morgan fingerprint density at radius 1 is 1.55 bits per heavy atom. The van der Waals surface area contributed by atoms with Crippen molar-refractivity contribution in [1.82, 2.24) is 0 Å². The van der Waals surface area contributed by atoms with Gasteiger partial charge in [-0.15, -0.1) is 0 Å². The van der Waals surface area contributed by atoms with E-state index < -0.39 is 24.1 Å². The van der Waals surface area contributed by atoms with E-state index in [1.165, 1.54) is 0 Å². The van der Waals surface area contributed by atoms with Crippen LogP contribution in [0.25, 0.3) is 0 Å². The van der Waals surface area contributed by atoms with Gasteiger partial charge in [-0.2, -0.15) is 13.2 Å². The number of hydrogen-bond acceptors (Lipinski definition) is 2. The monoisotopic (exact) mass is 171 g/mol. The molecule has 1 amide bonds. The normalized spacial score (nSPS) is 17.5. The Hall–Kier alpha value is -0.780. The molecule has 11 heavy (non-hydrogen) atoms. The van der Waals surface area contributed by atoms with Crippen LogP contribution in [0.1, 0.15) is 13.3 Å². The Morgan fingerprint density at radius 2 is 1.91 bits per heavy atom. The average molecular weight is 171 g/mol. The molecule has 0 rings (SSSR count). The largest absolute Gasteiger partial charge is 0.417 e. The van der Waals surface area contributed by atoms with Crippen LogP contribution in [-0.2, 0) is 4.79 Å². The van der Waals surface area contributed by atoms with Gasteiger partial charge in [-0.05, 0) is 6.92 Å². The molecule has 3 N–H and O–H groups in total. The van der Waals surface area contributed by atoms with Crippen LogP contribution >= 0.6 is 0 Å². The maximum absolute atomic E-state index is 11.7. The maximum Gasteiger partial charge on any atom is 0.417 e. The Balaban J connectivity index is 4.34. The molecule has 0 spiro atoms. The second kappa shape index (κ2) is 2.69. The number of alkyl halides is 3. The summed E-state index contributed by atoms with van der Waals surface area (Å²) in [6, 6.07) is 0. The molecule has 0 aromatic rings. The standard InChI is InChI=1S/C5H8F3NO2/c1-4(11,2-3(9)10)5(6,7)8/h11H,2H2,1H3,(H2,9,10). The molecule has 0 aliphatic carbocycles. The number of halogens is 3. The van der Waals surface area contributed by atoms with Gasteiger partial charge in [0.2, 0.25) is 5.91 Å². The molecule has 1 atom stereocenters. The van der Waals surface area contributed by atoms with Crippen molar-refractivity contribution >= 4 is 5.91 Å². The third-order valence-electron chi connectivity index (χ3n) is 1.13. The quantitative estimate of drug-likeness (QED) is 0.622. The van der Waals surface area contributed by atoms with Crippen LogP contribution in [0.3, 0.4) is 0 Å². The average Bonchev–Trinajstić information content (AvgIpc) is 1.56. The van der Waals surface area contributed by atoms with Gasteiger partial charge in [0.05, 0.1) is 6.42 Å². The highest BCUT2D eigenvalue weighted by molar-refractivity contribution is 5.74. The van der Waals surface area contributed by atoms with Gasteiger partial charge in [0, 0.05) is 0 Å². The van der Waals surface area contributed by atoms with Crippen molar-refractivity contribution in [3.63, 3.8) is 0 Å². The minimum absolute atomic E-state index is 0.498. The Labute approximate surface area is 61.0 Å². The van der Waals surface area contributed by atoms with Crippen LogP contribution in [0.4, 0.5) is 13.2 Å². The van der Waals surface area contributed by atoms with Gasteiger partial charge < -0.3 is 10.8 Å². The maximum atomic E-state index is 11.7. The van der Waals surface area contributed by atoms with Crippen molar-refractivity contribution in [2.24, 2.45) is 5.73 Å². The Bertz CT molecular complexity index is 164. The zero-order chi connectivity index (χ0) is 9.28. The zero-order valence-electron chi connectivity index (χ0n) is 5.77. The van der Waals surface area contributed by atoms with Crippen LogP contribution < -0.4 is 5.73 Å². The first-order valence-electron chi connectivity index (χ1n) is 2.74. The third-order valence-corrected chi connectivity index (χ3v) is 1.13. The van der Waals surface area contributed by atoms with Crippen molar-refractivity contribution in [2.45, 2.75) is 25.1 Å². The molecule has 1 unspecified atom stereocenters. The van der Waals surface area contributed by atoms with Crippen molar-refractivity contribution in [1.29, 1.82) is 0 Å². The molecule has 0 saturated carbocycles. The van der Waals surface area contributed by atoms with E-state index in [1.54, 1.807) is 0 Å². The van der Waals surface area contributed by atoms with Gasteiger partial charge in [-0.25, -0.2) is 0 Å². The number of aliphatic hydroxyl groups is 1. The fourth-order valence-corrected chi connectivity index (χ4v) is 0.439. The molecule has 0 aromatic carbocycles. The lowest BCUT2D eigenvalue weighted by atomic mass is 10.0. The molecule has 0 radical (unpaired) electrons. The van der Waals surface area contributed by atoms with Gasteiger partial charge >= 0.3 is 6.18 Å². The molecule has 0 aliphatic rings. The molecule has 6 heteroatoms. The lowest BCUT2D eigenvalue weighted by Crippen LogP contribution is -2.45. The highest BCUT2D eigenvalue weighted by Gasteiger charge is 2.50. The van der Waals surface area contributed by atoms with E-state index in [4.69, 9.17) is 5.11 Å². The number of amides is 1. The van der Waals surface area contributed by atoms with Crippen molar-refractivity contribution < 1.29 is 23.1 Å². The highest BCUT2D eigenvalue weighted by Crippen LogP contribution is 2.32. The Kier molecular flexibility index (Phi) is 2.50. The summed E-state index contributed by atoms with van der Waals surface area (Å²) < 4.78 is 35.2. The fraction of sp³-hybridized carbons (Fsp3) is 0.800. The van der Waals surface area contributed by atoms with Gasteiger partial charge in [-0.3, -0.25) is 4.79 Å². The second-order valence-corrected chi connectivity index (χ2v) is 2.41. The SMILES string of the molecule is CC(O)(CC(N)=O)C(F)(F)F. The van der Waals surface area contributed by atoms with Gasteiger partial charge in [0.15, 0.2) is 5.60 Å². The summed E-state index contributed by atoms with van der Waals surface area (Å²) in [7, 11) is 0. The second-order valence-electron chi connectivity index (χ2n) is 2.41. The van der Waals surface area contributed by atoms with Crippen LogP contribution in [0.15, 0.2) is 0 Å². The van der Waals surface area contributed by atoms with Crippen LogP contribution in [-0.4, -0.2) is 22.8 Å². The summed E-state index contributed by atoms with van der Waals surface area (Å²) in [5, 5.41) is 8.60. The summed E-state index contributed by atoms with van der Waals surface area (Å²) in [4.78, 5) is 10.0. The minimum Gasteiger partial charge on any atom is -0.380 e. The summed E-state index contributed by atoms with van der Waals surface area (Å²) in [5.74, 6) is -1.19. The van der Waals surface area contributed by atoms with Crippen molar-refractivity contribution in [2.75, 3.05) is 0 Å². The van der Waals surface area contributed by atoms with E-state index >= 15 is 0 Å². The van der Waals surface area contributed by atoms with Gasteiger partial charge in [0.25, 0.3) is 0 Å². The lowest BCUT2D eigenvalue weighted by Gasteiger charge is -2.24. The topological polar surface area (TPSA) is 63.3 Å². The first kappa shape index (κ1) is 10.2. The van der Waals surface area contributed by atoms with Gasteiger partial charge in [0.1, 0.15) is 0 Å². The van der Waals surface area contributed by atoms with E-state index in [2.05, 4.69) is 5.73 Å². The number of primary amides is 1. The molecule has 0 aliphatic heterocycles. The molecule has 0 aromatic heterocycles. The molecule has 0 saturated heterocycles. The number of hydrogen-bond donors (Lipinski definition) is 2. The number of carbonyl (C=O) groups excluding carboxylic acids is 1. The van der Waals surface area contributed by atoms with E-state index in [9.17, 15) is 18.0 Å². The smallest absolute Gasteiger partial charge is 0.380 e. The summed E-state index contributed by atoms with van der Waals surface area (Å²) >= 11 is 0. The number of carbonyl (C=O) groups is 1. The molecule has 0 heterocycles. The Morgan fingerprint density at radius 3 is 2.00 bits per heavy atom. The van der Waals surface area contributed by atoms with Crippen molar-refractivity contribution in [3.8, 4) is 0 Å². The zero-order valence-corrected chi connectivity index (χ0v) is 5.77. The predicted molar refractivity (Wildman–Crippen MR) is 30.5 cm³/mol. The van der Waals surface area contributed by atoms with E-state index in [0.29, 0.717) is 6.92 Å². The fourth-order valence-electron chi connectivity index (χ4n) is 0.439. The summed E-state index contributed by atoms with van der Waals surface area (Å²) in [6.07, 6.45) is -5.93. The van der Waals surface area contributed by atoms with Gasteiger partial charge in [-0.1, -0.05) is 0 Å². The lowest BCUT2D eigenvalue weighted by molar-refractivity contribution is -0.253. The van der Waals surface area contributed by atoms with Crippen LogP contribution in [0.5, 0.6) is 0 Å². The minimum atomic E-state index is -4.82. The first-order chi connectivity index (χ1) is 4.67. The number of rotatable bonds is 2. The van der Waals surface area contributed by atoms with Crippen molar-refractivity contribution in [3.05, 3.63) is 0 Å². The van der Waals surface area contributed by atoms with Crippen LogP contribution in [0, 0.1) is 0 Å². The van der Waals surface area contributed by atoms with E-state index in [0.717, 1.165) is 0 Å².